The Morgan fingerprint density at radius 1 is 0.568 bits per heavy atom. The van der Waals surface area contributed by atoms with Crippen LogP contribution in [0.2, 0.25) is 0 Å². The number of para-hydroxylation sites is 2. The summed E-state index contributed by atoms with van der Waals surface area (Å²) in [5.41, 5.74) is 20.5. The SMILES string of the molecule is CCCC[C@H]1C(=O)N(C)[C@@H](CCCC)C(=O)N[C@@H](CN)C(=O)N[C@H](C(=O)NCC(N)=O)CSCC(=O)N[C@@H](Cc2ccc(O)cc2)C(=O)N(C)[C@@H](C)C(=O)N[C@@H](CC(=O)O)C(=O)N2CCC[C@H]2C(=O)N[C@@H](Cc2c[nH]cn2)C(=O)N[C@@H](CCC(N)=O)C(=O)N2C[C@H](O)C[C@H]2C(C)C[C@@H](Cc2c[nH]c3ccccc23)C(=O)N[C@@H](CO)C(=O)N[C@@H](Cc2c[nH]c3ccccc23)C(=O)N1C. The summed E-state index contributed by atoms with van der Waals surface area (Å²) in [5, 5.41) is 68.1. The lowest BCUT2D eigenvalue weighted by atomic mass is 9.84. The summed E-state index contributed by atoms with van der Waals surface area (Å²) in [6.07, 6.45) is 3.67. The summed E-state index contributed by atoms with van der Waals surface area (Å²) in [5.74, 6) is -19.4. The topological polar surface area (TPSA) is 634 Å². The van der Waals surface area contributed by atoms with Crippen LogP contribution in [0.4, 0.5) is 0 Å². The normalized spacial score (nSPS) is 25.7. The molecule has 0 saturated carbocycles. The molecule has 42 nitrogen and oxygen atoms in total. The van der Waals surface area contributed by atoms with Gasteiger partial charge in [0.15, 0.2) is 0 Å². The average molecular weight is 1860 g/mol. The number of amides is 16. The van der Waals surface area contributed by atoms with Crippen molar-refractivity contribution in [2.75, 3.05) is 65.4 Å². The first-order valence-corrected chi connectivity index (χ1v) is 45.4. The number of aromatic hydroxyl groups is 1. The molecule has 16 atom stereocenters. The van der Waals surface area contributed by atoms with Gasteiger partial charge >= 0.3 is 5.97 Å². The van der Waals surface area contributed by atoms with Crippen LogP contribution in [-0.4, -0.2) is 315 Å². The first-order valence-electron chi connectivity index (χ1n) is 44.3. The predicted molar refractivity (Wildman–Crippen MR) is 482 cm³/mol. The maximum atomic E-state index is 15.7. The molecule has 132 heavy (non-hydrogen) atoms. The number of fused-ring (bicyclic) bond motifs is 4. The van der Waals surface area contributed by atoms with E-state index in [1.165, 1.54) is 69.8 Å². The number of carbonyl (C=O) groups is 17. The maximum Gasteiger partial charge on any atom is 0.305 e. The number of carboxylic acid groups (broad SMARTS) is 1. The Balaban J connectivity index is 1.09. The predicted octanol–water partition coefficient (Wildman–Crippen LogP) is -2.26. The van der Waals surface area contributed by atoms with Gasteiger partial charge < -0.3 is 125 Å². The minimum absolute atomic E-state index is 0.00302. The Morgan fingerprint density at radius 2 is 1.14 bits per heavy atom. The largest absolute Gasteiger partial charge is 0.508 e. The van der Waals surface area contributed by atoms with Crippen LogP contribution in [0.25, 0.3) is 21.8 Å². The Kier molecular flexibility index (Phi) is 37.9. The minimum Gasteiger partial charge on any atom is -0.508 e. The fourth-order valence-corrected chi connectivity index (χ4v) is 17.7. The molecular weight excluding hydrogens is 1730 g/mol. The van der Waals surface area contributed by atoms with Gasteiger partial charge in [-0.15, -0.1) is 11.8 Å². The number of hydrogen-bond acceptors (Lipinski definition) is 23. The molecule has 716 valence electrons. The first kappa shape index (κ1) is 103. The number of aliphatic hydroxyl groups excluding tert-OH is 2. The zero-order valence-corrected chi connectivity index (χ0v) is 75.8. The monoisotopic (exact) mass is 1850 g/mol. The Hall–Kier alpha value is -13.0. The molecular formula is C89H123N21O21S. The molecule has 3 aliphatic heterocycles. The van der Waals surface area contributed by atoms with Crippen LogP contribution in [0.3, 0.4) is 0 Å². The second kappa shape index (κ2) is 48.7. The molecule has 0 spiro atoms. The summed E-state index contributed by atoms with van der Waals surface area (Å²) in [7, 11) is 3.89. The number of aromatic nitrogens is 4. The quantitative estimate of drug-likeness (QED) is 0.0304. The molecule has 3 aromatic carbocycles. The van der Waals surface area contributed by atoms with Crippen LogP contribution in [0, 0.1) is 11.8 Å². The van der Waals surface area contributed by atoms with Gasteiger partial charge in [-0.25, -0.2) is 4.98 Å². The van der Waals surface area contributed by atoms with Crippen molar-refractivity contribution >= 4 is 134 Å². The molecule has 3 aliphatic rings. The standard InChI is InChI=1S/C89H123N21O21S/c1-8-10-21-69-83(125)103-66(38-90)81(123)105-68(79(121)96-42-74(92)115)45-132-46-75(116)98-63(32-50-24-26-55(112)27-25-50)85(127)106(5)49(4)77(119)101-65(37-76(117)118)88(130)109-30-16-23-70(109)84(126)100-62(35-54-41-93-47-97-54)80(122)99-61(28-29-73(91)114)87(129)110-43-56(113)36-72(110)48(3)31-51(33-52-39-94-59-19-14-12-17-57(52)59)78(120)104-67(44-111)82(124)102-64(34-53-40-95-60-20-15-13-18-58(53)60)86(128)108(7)71(22-11-9-2)89(131)107(69)6/h12-15,17-20,24-27,39-41,47-49,51,56,61-72,94-95,111-113H,8-11,16,21-23,28-38,42-46,90H2,1-7H3,(H2,91,114)(H2,92,115)(H,93,97)(H,96,121)(H,98,116)(H,99,122)(H,100,126)(H,101,119)(H,102,124)(H,103,125)(H,104,120)(H,105,123)(H,117,118)/t48?,49-,51-,56+,61-,62-,63-,64-,65-,66-,67-,68-,69-,70-,71-,72-/m0/s1. The van der Waals surface area contributed by atoms with E-state index in [4.69, 9.17) is 17.2 Å². The highest BCUT2D eigenvalue weighted by atomic mass is 32.2. The number of thioether (sulfide) groups is 1. The smallest absolute Gasteiger partial charge is 0.305 e. The van der Waals surface area contributed by atoms with Crippen molar-refractivity contribution in [1.29, 1.82) is 0 Å². The van der Waals surface area contributed by atoms with Gasteiger partial charge in [-0.2, -0.15) is 0 Å². The number of phenols is 1. The molecule has 0 aliphatic carbocycles. The maximum absolute atomic E-state index is 15.7. The zero-order valence-electron chi connectivity index (χ0n) is 75.0. The van der Waals surface area contributed by atoms with E-state index in [0.29, 0.717) is 58.8 Å². The van der Waals surface area contributed by atoms with E-state index in [2.05, 4.69) is 67.8 Å². The molecule has 9 rings (SSSR count). The van der Waals surface area contributed by atoms with E-state index in [1.54, 1.807) is 55.7 Å². The minimum atomic E-state index is -1.91. The van der Waals surface area contributed by atoms with Crippen molar-refractivity contribution < 1.29 is 102 Å². The Bertz CT molecular complexity index is 5090. The van der Waals surface area contributed by atoms with E-state index in [0.717, 1.165) is 36.7 Å². The first-order chi connectivity index (χ1) is 62.9. The molecule has 22 N–H and O–H groups in total. The van der Waals surface area contributed by atoms with Gasteiger partial charge in [0.1, 0.15) is 78.3 Å². The number of nitrogens with two attached hydrogens (primary N) is 3. The van der Waals surface area contributed by atoms with Crippen LogP contribution in [-0.2, 0) is 107 Å². The van der Waals surface area contributed by atoms with Crippen molar-refractivity contribution in [3.63, 3.8) is 0 Å². The molecule has 6 heterocycles. The summed E-state index contributed by atoms with van der Waals surface area (Å²) in [4.78, 5) is 265. The van der Waals surface area contributed by atoms with E-state index in [9.17, 15) is 73.2 Å². The number of nitrogens with one attached hydrogen (secondary N) is 12. The lowest BCUT2D eigenvalue weighted by Gasteiger charge is -2.36. The third-order valence-electron chi connectivity index (χ3n) is 24.3. The molecule has 3 fully saturated rings. The number of phenolic OH excluding ortho intramolecular Hbond substituents is 1. The van der Waals surface area contributed by atoms with Crippen molar-refractivity contribution in [3.05, 3.63) is 120 Å². The number of likely N-dealkylation sites (N-methyl/N-ethyl adjacent to an activating group) is 3. The lowest BCUT2D eigenvalue weighted by Crippen LogP contribution is -2.61. The molecule has 16 amide bonds. The second-order valence-corrected chi connectivity index (χ2v) is 34.9. The number of H-pyrrole nitrogens is 3. The summed E-state index contributed by atoms with van der Waals surface area (Å²) in [6.45, 7) is 3.82. The molecule has 1 unspecified atom stereocenters. The second-order valence-electron chi connectivity index (χ2n) is 33.9. The van der Waals surface area contributed by atoms with Crippen LogP contribution in [0.1, 0.15) is 134 Å². The Morgan fingerprint density at radius 3 is 1.75 bits per heavy atom. The number of rotatable bonds is 24. The number of benzene rings is 3. The summed E-state index contributed by atoms with van der Waals surface area (Å²) in [6, 6.07) is 0.0395. The fraction of sp³-hybridized carbons (Fsp3) is 0.528. The van der Waals surface area contributed by atoms with Crippen molar-refractivity contribution in [3.8, 4) is 5.75 Å². The van der Waals surface area contributed by atoms with Crippen LogP contribution < -0.4 is 65.1 Å². The number of primary amides is 2. The van der Waals surface area contributed by atoms with Gasteiger partial charge in [-0.05, 0) is 105 Å². The third kappa shape index (κ3) is 27.8. The fourth-order valence-electron chi connectivity index (χ4n) is 16.8. The van der Waals surface area contributed by atoms with Gasteiger partial charge in [0, 0.05) is 125 Å². The number of imidazole rings is 1. The zero-order chi connectivity index (χ0) is 96.3. The lowest BCUT2D eigenvalue weighted by molar-refractivity contribution is -0.149. The van der Waals surface area contributed by atoms with Crippen LogP contribution >= 0.6 is 11.8 Å². The van der Waals surface area contributed by atoms with Gasteiger partial charge in [0.05, 0.1) is 43.5 Å². The van der Waals surface area contributed by atoms with Crippen LogP contribution in [0.5, 0.6) is 5.75 Å². The molecule has 3 saturated heterocycles. The van der Waals surface area contributed by atoms with E-state index >= 15 is 28.8 Å². The van der Waals surface area contributed by atoms with Crippen molar-refractivity contribution in [1.82, 2.24) is 92.3 Å². The van der Waals surface area contributed by atoms with Gasteiger partial charge in [-0.1, -0.05) is 95.0 Å². The van der Waals surface area contributed by atoms with Gasteiger partial charge in [-0.3, -0.25) is 81.5 Å². The number of nitrogens with zero attached hydrogens (tertiary/aromatic N) is 6. The Labute approximate surface area is 766 Å². The number of unbranched alkanes of at least 4 members (excludes halogenated alkanes) is 2. The number of hydrogen-bond donors (Lipinski definition) is 19. The number of carboxylic acids is 1. The van der Waals surface area contributed by atoms with Crippen molar-refractivity contribution in [2.45, 2.75) is 221 Å². The van der Waals surface area contributed by atoms with Gasteiger partial charge in [0.25, 0.3) is 0 Å². The van der Waals surface area contributed by atoms with Crippen molar-refractivity contribution in [2.24, 2.45) is 29.0 Å². The average Bonchev–Trinajstić information content (AvgIpc) is 1.59. The number of carbonyl (C=O) groups excluding carboxylic acids is 16. The van der Waals surface area contributed by atoms with Crippen LogP contribution in [0.15, 0.2) is 97.7 Å². The number of aliphatic hydroxyl groups is 2. The molecule has 43 heteroatoms. The highest BCUT2D eigenvalue weighted by Crippen LogP contribution is 2.34. The number of aliphatic carboxylic acids is 1. The highest BCUT2D eigenvalue weighted by molar-refractivity contribution is 8.00. The molecule has 0 bridgehead atoms. The number of aromatic amines is 3. The molecule has 3 aromatic heterocycles. The molecule has 0 radical (unpaired) electrons. The third-order valence-corrected chi connectivity index (χ3v) is 25.4. The van der Waals surface area contributed by atoms with Gasteiger partial charge in [0.2, 0.25) is 94.5 Å². The van der Waals surface area contributed by atoms with E-state index < -0.39 is 247 Å². The van der Waals surface area contributed by atoms with E-state index in [1.807, 2.05) is 26.0 Å². The highest BCUT2D eigenvalue weighted by Gasteiger charge is 2.46. The van der Waals surface area contributed by atoms with E-state index in [-0.39, 0.29) is 88.7 Å². The molecule has 6 aromatic rings. The summed E-state index contributed by atoms with van der Waals surface area (Å²) < 4.78 is 0. The summed E-state index contributed by atoms with van der Waals surface area (Å²) >= 11 is 0.748.